The Morgan fingerprint density at radius 1 is 1.00 bits per heavy atom. The molecule has 40 valence electrons. The molecular weight excluding hydrogens is 156 g/mol. The number of hydrogen-bond donors (Lipinski definition) is 0. The molecule has 0 spiro atoms. The summed E-state index contributed by atoms with van der Waals surface area (Å²) < 4.78 is 0. The summed E-state index contributed by atoms with van der Waals surface area (Å²) in [5, 5.41) is 16.9. The van der Waals surface area contributed by atoms with Gasteiger partial charge in [0.1, 0.15) is 0 Å². The van der Waals surface area contributed by atoms with E-state index in [0.717, 1.165) is 0 Å². The van der Waals surface area contributed by atoms with E-state index >= 15 is 0 Å². The Balaban J connectivity index is -0.0000000160. The van der Waals surface area contributed by atoms with Gasteiger partial charge in [0.05, 0.1) is 0 Å². The van der Waals surface area contributed by atoms with E-state index in [9.17, 15) is 0 Å². The van der Waals surface area contributed by atoms with Crippen molar-refractivity contribution in [1.82, 2.24) is 0 Å². The van der Waals surface area contributed by atoms with Gasteiger partial charge in [0, 0.05) is 0 Å². The molecule has 0 unspecified atom stereocenters. The third-order valence-electron chi connectivity index (χ3n) is 0. The maximum absolute atomic E-state index is 7.13. The molecule has 0 bridgehead atoms. The van der Waals surface area contributed by atoms with Crippen molar-refractivity contribution in [2.45, 2.75) is 0 Å². The summed E-state index contributed by atoms with van der Waals surface area (Å²) in [5.41, 5.74) is 0. The van der Waals surface area contributed by atoms with Gasteiger partial charge in [-0.1, -0.05) is 10.8 Å². The fourth-order valence-corrected chi connectivity index (χ4v) is 0. The third-order valence-corrected chi connectivity index (χ3v) is 0. The second-order valence-corrected chi connectivity index (χ2v) is 0.548. The van der Waals surface area contributed by atoms with E-state index in [1.54, 1.807) is 0 Å². The number of nitrogens with zero attached hydrogens (tertiary/aromatic N) is 2. The minimum Gasteiger partial charge on any atom is -0.696 e. The molecular formula is C2H2MgN2OS2. The largest absolute Gasteiger partial charge is 2.00 e. The molecule has 0 heterocycles. The Kier molecular flexibility index (Phi) is 177. The van der Waals surface area contributed by atoms with E-state index in [-0.39, 0.29) is 28.5 Å². The Bertz CT molecular complexity index is 73.0. The van der Waals surface area contributed by atoms with Gasteiger partial charge in [-0.2, -0.15) is 0 Å². The maximum Gasteiger partial charge on any atom is 2.00 e. The van der Waals surface area contributed by atoms with Crippen LogP contribution in [0.15, 0.2) is 0 Å². The van der Waals surface area contributed by atoms with E-state index in [1.165, 1.54) is 10.8 Å². The average molecular weight is 158 g/mol. The predicted molar refractivity (Wildman–Crippen MR) is 35.3 cm³/mol. The molecule has 0 aromatic rings. The Hall–Kier alpha value is 0.146. The van der Waals surface area contributed by atoms with E-state index in [4.69, 9.17) is 10.5 Å². The molecule has 0 radical (unpaired) electrons. The van der Waals surface area contributed by atoms with Crippen molar-refractivity contribution in [3.05, 3.63) is 0 Å². The predicted octanol–water partition coefficient (Wildman–Crippen LogP) is -1.18. The first kappa shape index (κ1) is 24.2. The molecule has 0 atom stereocenters. The molecule has 6 heteroatoms. The first-order valence-corrected chi connectivity index (χ1v) is 1.67. The average Bonchev–Trinajstić information content (AvgIpc) is 1.39. The van der Waals surface area contributed by atoms with Crippen LogP contribution in [0, 0.1) is 21.3 Å². The zero-order chi connectivity index (χ0) is 5.41. The van der Waals surface area contributed by atoms with E-state index < -0.39 is 0 Å². The quantitative estimate of drug-likeness (QED) is 0.253. The van der Waals surface area contributed by atoms with Crippen LogP contribution in [-0.2, 0) is 25.3 Å². The van der Waals surface area contributed by atoms with Gasteiger partial charge in [-0.3, -0.25) is 0 Å². The number of nitriles is 2. The molecule has 0 rings (SSSR count). The Morgan fingerprint density at radius 2 is 1.00 bits per heavy atom. The van der Waals surface area contributed by atoms with Gasteiger partial charge in [-0.05, 0) is 0 Å². The molecule has 0 aromatic heterocycles. The summed E-state index contributed by atoms with van der Waals surface area (Å²) >= 11 is 7.40. The molecule has 0 saturated heterocycles. The molecule has 0 aliphatic carbocycles. The van der Waals surface area contributed by atoms with Gasteiger partial charge in [-0.25, -0.2) is 10.5 Å². The van der Waals surface area contributed by atoms with Crippen molar-refractivity contribution in [3.8, 4) is 10.8 Å². The topological polar surface area (TPSA) is 79.1 Å². The fourth-order valence-electron chi connectivity index (χ4n) is 0. The first-order valence-electron chi connectivity index (χ1n) is 0.855. The number of hydrogen-bond acceptors (Lipinski definition) is 4. The maximum atomic E-state index is 7.13. The summed E-state index contributed by atoms with van der Waals surface area (Å²) in [6.07, 6.45) is 0. The van der Waals surface area contributed by atoms with Crippen LogP contribution in [0.2, 0.25) is 0 Å². The van der Waals surface area contributed by atoms with Crippen molar-refractivity contribution in [2.24, 2.45) is 0 Å². The normalized spacial score (nSPS) is 1.75. The van der Waals surface area contributed by atoms with Gasteiger partial charge in [0.2, 0.25) is 0 Å². The van der Waals surface area contributed by atoms with Crippen LogP contribution in [0.25, 0.3) is 0 Å². The van der Waals surface area contributed by atoms with Crippen LogP contribution in [0.1, 0.15) is 0 Å². The van der Waals surface area contributed by atoms with Crippen LogP contribution in [0.3, 0.4) is 0 Å². The molecule has 0 aliphatic heterocycles. The molecule has 3 nitrogen and oxygen atoms in total. The minimum absolute atomic E-state index is 0. The van der Waals surface area contributed by atoms with Crippen LogP contribution >= 0.6 is 0 Å². The van der Waals surface area contributed by atoms with Crippen molar-refractivity contribution in [1.29, 1.82) is 10.5 Å². The van der Waals surface area contributed by atoms with Crippen molar-refractivity contribution >= 4 is 48.3 Å². The van der Waals surface area contributed by atoms with Gasteiger partial charge in [-0.15, -0.1) is 0 Å². The number of thiocyanates is 2. The van der Waals surface area contributed by atoms with Gasteiger partial charge in [0.15, 0.2) is 0 Å². The van der Waals surface area contributed by atoms with Gasteiger partial charge >= 0.3 is 23.1 Å². The molecule has 0 saturated carbocycles. The van der Waals surface area contributed by atoms with Crippen molar-refractivity contribution < 1.29 is 5.48 Å². The van der Waals surface area contributed by atoms with Crippen molar-refractivity contribution in [2.75, 3.05) is 0 Å². The van der Waals surface area contributed by atoms with Gasteiger partial charge in [0.25, 0.3) is 0 Å². The van der Waals surface area contributed by atoms with Crippen LogP contribution < -0.4 is 0 Å². The van der Waals surface area contributed by atoms with E-state index in [0.29, 0.717) is 0 Å². The fraction of sp³-hybridized carbons (Fsp3) is 0. The zero-order valence-electron chi connectivity index (χ0n) is 3.92. The standard InChI is InChI=1S/2CHNS.Mg.H2O/c2*2-1-3;;/h2*3H;;1H2/q;;+2;/p-2. The van der Waals surface area contributed by atoms with Crippen LogP contribution in [0.4, 0.5) is 0 Å². The van der Waals surface area contributed by atoms with Gasteiger partial charge < -0.3 is 30.7 Å². The Morgan fingerprint density at radius 3 is 1.00 bits per heavy atom. The van der Waals surface area contributed by atoms with E-state index in [2.05, 4.69) is 25.3 Å². The molecule has 8 heavy (non-hydrogen) atoms. The second-order valence-electron chi connectivity index (χ2n) is 0.183. The van der Waals surface area contributed by atoms with Crippen LogP contribution in [-0.4, -0.2) is 28.5 Å². The van der Waals surface area contributed by atoms with Crippen LogP contribution in [0.5, 0.6) is 0 Å². The second kappa shape index (κ2) is 58.6. The summed E-state index contributed by atoms with van der Waals surface area (Å²) in [7, 11) is 0. The SMILES string of the molecule is N#C[S-].N#C[S-].O.[Mg+2]. The summed E-state index contributed by atoms with van der Waals surface area (Å²) in [4.78, 5) is 0. The van der Waals surface area contributed by atoms with Crippen molar-refractivity contribution in [3.63, 3.8) is 0 Å². The van der Waals surface area contributed by atoms with E-state index in [1.807, 2.05) is 0 Å². The summed E-state index contributed by atoms with van der Waals surface area (Å²) in [5.74, 6) is 0. The first-order chi connectivity index (χ1) is 2.83. The molecule has 2 N–H and O–H groups in total. The molecule has 0 amide bonds. The monoisotopic (exact) mass is 158 g/mol. The molecule has 0 aromatic carbocycles. The smallest absolute Gasteiger partial charge is 0.696 e. The Labute approximate surface area is 75.0 Å². The summed E-state index contributed by atoms with van der Waals surface area (Å²) in [6, 6.07) is 0. The summed E-state index contributed by atoms with van der Waals surface area (Å²) in [6.45, 7) is 0. The number of rotatable bonds is 0. The zero-order valence-corrected chi connectivity index (χ0v) is 6.97. The molecule has 0 aliphatic rings. The molecule has 0 fully saturated rings. The minimum atomic E-state index is 0. The third kappa shape index (κ3) is 7610.